The Bertz CT molecular complexity index is 1110. The molecule has 0 aromatic heterocycles. The normalized spacial score (nSPS) is 31.0. The average molecular weight is 651 g/mol. The van der Waals surface area contributed by atoms with Gasteiger partial charge in [-0.2, -0.15) is 0 Å². The minimum absolute atomic E-state index is 0.448. The van der Waals surface area contributed by atoms with Crippen molar-refractivity contribution in [2.24, 2.45) is 0 Å². The number of hydrogen-bond acceptors (Lipinski definition) is 18. The third kappa shape index (κ3) is 11.2. The van der Waals surface area contributed by atoms with Gasteiger partial charge in [0.25, 0.3) is 0 Å². The van der Waals surface area contributed by atoms with Crippen molar-refractivity contribution >= 4 is 41.8 Å². The predicted octanol–water partition coefficient (Wildman–Crippen LogP) is -0.747. The van der Waals surface area contributed by atoms with E-state index < -0.39 is 116 Å². The summed E-state index contributed by atoms with van der Waals surface area (Å²) in [7, 11) is 1.20. The topological polar surface area (TPSA) is 221 Å². The summed E-state index contributed by atoms with van der Waals surface area (Å²) >= 11 is 0. The van der Waals surface area contributed by atoms with Gasteiger partial charge in [-0.05, 0) is 0 Å². The molecule has 0 amide bonds. The smallest absolute Gasteiger partial charge is 0.303 e. The fourth-order valence-electron chi connectivity index (χ4n) is 4.66. The van der Waals surface area contributed by atoms with Crippen LogP contribution in [0.5, 0.6) is 0 Å². The van der Waals surface area contributed by atoms with Crippen LogP contribution in [0, 0.1) is 0 Å². The molecule has 18 heteroatoms. The van der Waals surface area contributed by atoms with Crippen molar-refractivity contribution < 1.29 is 85.7 Å². The van der Waals surface area contributed by atoms with Crippen LogP contribution in [-0.4, -0.2) is 124 Å². The summed E-state index contributed by atoms with van der Waals surface area (Å²) in [5.41, 5.74) is 0. The predicted molar refractivity (Wildman–Crippen MR) is 140 cm³/mol. The Morgan fingerprint density at radius 3 is 1.13 bits per heavy atom. The molecule has 0 radical (unpaired) electrons. The van der Waals surface area contributed by atoms with Crippen LogP contribution >= 0.6 is 0 Å². The fraction of sp³-hybridized carbons (Fsp3) is 0.741. The molecule has 18 nitrogen and oxygen atoms in total. The van der Waals surface area contributed by atoms with E-state index in [0.717, 1.165) is 48.5 Å². The Morgan fingerprint density at radius 2 is 0.778 bits per heavy atom. The molecule has 10 atom stereocenters. The molecule has 2 heterocycles. The lowest BCUT2D eigenvalue weighted by Gasteiger charge is -2.48. The maximum absolute atomic E-state index is 12.2. The van der Waals surface area contributed by atoms with Gasteiger partial charge >= 0.3 is 41.8 Å². The molecule has 45 heavy (non-hydrogen) atoms. The molecule has 2 aliphatic rings. The molecule has 2 fully saturated rings. The lowest BCUT2D eigenvalue weighted by atomic mass is 9.96. The minimum atomic E-state index is -1.74. The van der Waals surface area contributed by atoms with E-state index in [1.807, 2.05) is 0 Å². The minimum Gasteiger partial charge on any atom is -0.463 e. The number of carbonyl (C=O) groups is 7. The highest BCUT2D eigenvalue weighted by atomic mass is 16.8. The van der Waals surface area contributed by atoms with Crippen LogP contribution in [0.2, 0.25) is 0 Å². The van der Waals surface area contributed by atoms with Crippen molar-refractivity contribution in [3.8, 4) is 0 Å². The van der Waals surface area contributed by atoms with Crippen molar-refractivity contribution in [2.45, 2.75) is 110 Å². The zero-order chi connectivity index (χ0) is 34.0. The average Bonchev–Trinajstić information content (AvgIpc) is 2.90. The Balaban J connectivity index is 2.64. The molecule has 2 rings (SSSR count). The molecule has 0 bridgehead atoms. The molecule has 0 saturated carbocycles. The monoisotopic (exact) mass is 650 g/mol. The number of ether oxygens (including phenoxy) is 11. The van der Waals surface area contributed by atoms with Gasteiger partial charge in [0.15, 0.2) is 49.2 Å². The summed E-state index contributed by atoms with van der Waals surface area (Å²) in [4.78, 5) is 83.8. The number of carbonyl (C=O) groups excluding carboxylic acids is 7. The largest absolute Gasteiger partial charge is 0.463 e. The van der Waals surface area contributed by atoms with E-state index in [1.54, 1.807) is 0 Å². The summed E-state index contributed by atoms with van der Waals surface area (Å²) < 4.78 is 60.6. The van der Waals surface area contributed by atoms with E-state index in [1.165, 1.54) is 7.11 Å². The second-order valence-corrected chi connectivity index (χ2v) is 9.90. The third-order valence-electron chi connectivity index (χ3n) is 6.12. The van der Waals surface area contributed by atoms with E-state index in [9.17, 15) is 33.6 Å². The SMILES string of the molecule is CO[C@@H]1O[C@H](COC(C)=O)[C@@H](OC(C)=O)[C@H](OC(C)=O)[C@H]1O[C@@H]1O[C@H](COC(C)=O)[C@@H](OC(C)=O)[C@H](OC(C)=O)[C@H]1OC(C)=O. The van der Waals surface area contributed by atoms with Gasteiger partial charge in [0.2, 0.25) is 0 Å². The van der Waals surface area contributed by atoms with Crippen LogP contribution in [-0.2, 0) is 85.7 Å². The van der Waals surface area contributed by atoms with E-state index in [0.29, 0.717) is 0 Å². The van der Waals surface area contributed by atoms with Crippen molar-refractivity contribution in [3.63, 3.8) is 0 Å². The molecule has 254 valence electrons. The number of esters is 7. The highest BCUT2D eigenvalue weighted by Crippen LogP contribution is 2.35. The number of rotatable bonds is 12. The van der Waals surface area contributed by atoms with Gasteiger partial charge in [0, 0.05) is 55.6 Å². The summed E-state index contributed by atoms with van der Waals surface area (Å²) in [5, 5.41) is 0. The maximum atomic E-state index is 12.2. The first kappa shape index (κ1) is 37.3. The molecule has 0 aliphatic carbocycles. The van der Waals surface area contributed by atoms with Crippen LogP contribution in [0.3, 0.4) is 0 Å². The van der Waals surface area contributed by atoms with E-state index in [-0.39, 0.29) is 0 Å². The molecule has 0 aromatic rings. The zero-order valence-corrected chi connectivity index (χ0v) is 26.0. The van der Waals surface area contributed by atoms with Crippen LogP contribution in [0.15, 0.2) is 0 Å². The van der Waals surface area contributed by atoms with Crippen molar-refractivity contribution in [2.75, 3.05) is 20.3 Å². The van der Waals surface area contributed by atoms with Crippen molar-refractivity contribution in [3.05, 3.63) is 0 Å². The molecule has 0 aromatic carbocycles. The number of hydrogen-bond donors (Lipinski definition) is 0. The molecule has 0 N–H and O–H groups in total. The molecule has 0 unspecified atom stereocenters. The number of methoxy groups -OCH3 is 1. The summed E-state index contributed by atoms with van der Waals surface area (Å²) in [6.45, 7) is 6.53. The summed E-state index contributed by atoms with van der Waals surface area (Å²) in [5.74, 6) is -5.71. The van der Waals surface area contributed by atoms with Gasteiger partial charge in [-0.3, -0.25) is 33.6 Å². The quantitative estimate of drug-likeness (QED) is 0.187. The molecular formula is C27H38O18. The standard InChI is InChI=1S/C27H38O18/c1-11(28)36-9-18-20(38-13(3)30)22(40-15(5)32)24(26(35-8)43-18)45-27-25(42-17(7)34)23(41-16(6)33)21(39-14(4)31)19(44-27)10-37-12(2)29/h18-27H,9-10H2,1-8H3/t18-,19-,20-,21-,22+,23+,24-,25-,26-,27+/m1/s1. The summed E-state index contributed by atoms with van der Waals surface area (Å²) in [6, 6.07) is 0. The maximum Gasteiger partial charge on any atom is 0.303 e. The molecular weight excluding hydrogens is 612 g/mol. The first-order valence-electron chi connectivity index (χ1n) is 13.7. The highest BCUT2D eigenvalue weighted by Gasteiger charge is 2.57. The van der Waals surface area contributed by atoms with Crippen molar-refractivity contribution in [1.82, 2.24) is 0 Å². The molecule has 2 saturated heterocycles. The Labute approximate surface area is 258 Å². The Kier molecular flexibility index (Phi) is 14.1. The van der Waals surface area contributed by atoms with Crippen LogP contribution in [0.1, 0.15) is 48.5 Å². The van der Waals surface area contributed by atoms with Gasteiger partial charge in [0.05, 0.1) is 0 Å². The lowest BCUT2D eigenvalue weighted by Crippen LogP contribution is -2.67. The van der Waals surface area contributed by atoms with E-state index in [4.69, 9.17) is 52.1 Å². The van der Waals surface area contributed by atoms with Gasteiger partial charge < -0.3 is 52.1 Å². The van der Waals surface area contributed by atoms with Gasteiger partial charge in [-0.1, -0.05) is 0 Å². The Hall–Kier alpha value is -3.87. The van der Waals surface area contributed by atoms with Crippen LogP contribution < -0.4 is 0 Å². The molecule has 0 spiro atoms. The van der Waals surface area contributed by atoms with E-state index in [2.05, 4.69) is 0 Å². The van der Waals surface area contributed by atoms with Crippen LogP contribution in [0.4, 0.5) is 0 Å². The highest BCUT2D eigenvalue weighted by molar-refractivity contribution is 5.69. The van der Waals surface area contributed by atoms with Gasteiger partial charge in [-0.25, -0.2) is 0 Å². The fourth-order valence-corrected chi connectivity index (χ4v) is 4.66. The molecule has 2 aliphatic heterocycles. The summed E-state index contributed by atoms with van der Waals surface area (Å²) in [6.07, 6.45) is -14.9. The second kappa shape index (κ2) is 17.0. The second-order valence-electron chi connectivity index (χ2n) is 9.90. The first-order chi connectivity index (χ1) is 21.0. The van der Waals surface area contributed by atoms with Gasteiger partial charge in [0.1, 0.15) is 25.4 Å². The van der Waals surface area contributed by atoms with Gasteiger partial charge in [-0.15, -0.1) is 0 Å². The van der Waals surface area contributed by atoms with Crippen LogP contribution in [0.25, 0.3) is 0 Å². The lowest BCUT2D eigenvalue weighted by molar-refractivity contribution is -0.366. The first-order valence-corrected chi connectivity index (χ1v) is 13.7. The third-order valence-corrected chi connectivity index (χ3v) is 6.12. The van der Waals surface area contributed by atoms with Crippen molar-refractivity contribution in [1.29, 1.82) is 0 Å². The van der Waals surface area contributed by atoms with E-state index >= 15 is 0 Å². The zero-order valence-electron chi connectivity index (χ0n) is 26.0. The Morgan fingerprint density at radius 1 is 0.444 bits per heavy atom.